The molecule has 0 radical (unpaired) electrons. The molecule has 0 fully saturated rings. The molecule has 2 aromatic carbocycles. The number of benzene rings is 2. The van der Waals surface area contributed by atoms with Crippen molar-refractivity contribution in [3.8, 4) is 0 Å². The van der Waals surface area contributed by atoms with Crippen LogP contribution >= 0.6 is 11.6 Å². The molecule has 0 spiro atoms. The summed E-state index contributed by atoms with van der Waals surface area (Å²) in [5.74, 6) is -1.57. The summed E-state index contributed by atoms with van der Waals surface area (Å²) in [5.41, 5.74) is 1.93. The van der Waals surface area contributed by atoms with Crippen LogP contribution in [0, 0.1) is 0 Å². The smallest absolute Gasteiger partial charge is 0.253 e. The largest absolute Gasteiger partial charge is 0.345 e. The van der Waals surface area contributed by atoms with Crippen molar-refractivity contribution in [2.45, 2.75) is 19.9 Å². The fraction of sp³-hybridized carbons (Fsp3) is 0.200. The molecular weight excluding hydrogens is 470 g/mol. The van der Waals surface area contributed by atoms with Crippen molar-refractivity contribution in [1.29, 1.82) is 0 Å². The lowest BCUT2D eigenvalue weighted by molar-refractivity contribution is -0.118. The van der Waals surface area contributed by atoms with Crippen LogP contribution < -0.4 is 10.2 Å². The molecule has 0 aliphatic heterocycles. The van der Waals surface area contributed by atoms with Gasteiger partial charge in [-0.25, -0.2) is 9.97 Å². The van der Waals surface area contributed by atoms with E-state index in [9.17, 15) is 19.2 Å². The van der Waals surface area contributed by atoms with E-state index in [2.05, 4.69) is 15.3 Å². The van der Waals surface area contributed by atoms with E-state index in [0.717, 1.165) is 0 Å². The standard InChI is InChI=1S/C25H24ClN5O4/c1-16(32)29-21-9-8-17(12-20(21)26)15-31(19-7-4-6-18(13-19)25(35)30(2)3)23(34)14-22(33)24-27-10-5-11-28-24/h4-13H,14-15H2,1-3H3,(H,29,32). The van der Waals surface area contributed by atoms with E-state index in [1.54, 1.807) is 62.6 Å². The van der Waals surface area contributed by atoms with E-state index < -0.39 is 18.1 Å². The first-order chi connectivity index (χ1) is 16.7. The number of halogens is 1. The molecule has 0 saturated heterocycles. The Hall–Kier alpha value is -4.11. The maximum atomic E-state index is 13.3. The summed E-state index contributed by atoms with van der Waals surface area (Å²) in [6, 6.07) is 13.2. The van der Waals surface area contributed by atoms with Crippen molar-refractivity contribution in [3.63, 3.8) is 0 Å². The molecule has 1 aromatic heterocycles. The molecule has 0 saturated carbocycles. The van der Waals surface area contributed by atoms with Crippen molar-refractivity contribution < 1.29 is 19.2 Å². The molecule has 180 valence electrons. The Bertz CT molecular complexity index is 1260. The van der Waals surface area contributed by atoms with Crippen molar-refractivity contribution in [2.75, 3.05) is 24.3 Å². The Balaban J connectivity index is 1.94. The van der Waals surface area contributed by atoms with E-state index in [1.165, 1.54) is 29.1 Å². The van der Waals surface area contributed by atoms with Crippen LogP contribution in [-0.2, 0) is 16.1 Å². The average molecular weight is 494 g/mol. The minimum Gasteiger partial charge on any atom is -0.345 e. The third-order valence-electron chi connectivity index (χ3n) is 4.92. The van der Waals surface area contributed by atoms with Crippen LogP contribution in [-0.4, -0.2) is 52.5 Å². The second kappa shape index (κ2) is 11.3. The van der Waals surface area contributed by atoms with Crippen LogP contribution in [0.15, 0.2) is 60.9 Å². The summed E-state index contributed by atoms with van der Waals surface area (Å²) in [6.07, 6.45) is 2.39. The lowest BCUT2D eigenvalue weighted by Crippen LogP contribution is -2.32. The molecule has 3 amide bonds. The van der Waals surface area contributed by atoms with E-state index in [-0.39, 0.29) is 24.2 Å². The molecule has 10 heteroatoms. The normalized spacial score (nSPS) is 10.4. The number of nitrogens with one attached hydrogen (secondary N) is 1. The van der Waals surface area contributed by atoms with Crippen LogP contribution in [0.3, 0.4) is 0 Å². The molecule has 0 aliphatic rings. The Morgan fingerprint density at radius 3 is 2.31 bits per heavy atom. The Labute approximate surface area is 207 Å². The van der Waals surface area contributed by atoms with Gasteiger partial charge in [-0.1, -0.05) is 23.7 Å². The van der Waals surface area contributed by atoms with E-state index in [4.69, 9.17) is 11.6 Å². The van der Waals surface area contributed by atoms with Crippen LogP contribution in [0.2, 0.25) is 5.02 Å². The summed E-state index contributed by atoms with van der Waals surface area (Å²) in [7, 11) is 3.27. The number of aromatic nitrogens is 2. The Kier molecular flexibility index (Phi) is 8.27. The van der Waals surface area contributed by atoms with Gasteiger partial charge in [0.05, 0.1) is 23.7 Å². The van der Waals surface area contributed by atoms with Crippen LogP contribution in [0.5, 0.6) is 0 Å². The number of anilines is 2. The van der Waals surface area contributed by atoms with Crippen LogP contribution in [0.4, 0.5) is 11.4 Å². The first-order valence-electron chi connectivity index (χ1n) is 10.6. The SMILES string of the molecule is CC(=O)Nc1ccc(CN(C(=O)CC(=O)c2ncccn2)c2cccc(C(=O)N(C)C)c2)cc1Cl. The second-order valence-corrected chi connectivity index (χ2v) is 8.30. The summed E-state index contributed by atoms with van der Waals surface area (Å²) < 4.78 is 0. The van der Waals surface area contributed by atoms with Crippen molar-refractivity contribution >= 4 is 46.5 Å². The van der Waals surface area contributed by atoms with Gasteiger partial charge >= 0.3 is 0 Å². The lowest BCUT2D eigenvalue weighted by atomic mass is 10.1. The Morgan fingerprint density at radius 2 is 1.69 bits per heavy atom. The third-order valence-corrected chi connectivity index (χ3v) is 5.24. The molecule has 9 nitrogen and oxygen atoms in total. The molecule has 1 heterocycles. The number of hydrogen-bond acceptors (Lipinski definition) is 6. The summed E-state index contributed by atoms with van der Waals surface area (Å²) in [6.45, 7) is 1.45. The van der Waals surface area contributed by atoms with Gasteiger partial charge in [0.1, 0.15) is 0 Å². The maximum absolute atomic E-state index is 13.3. The topological polar surface area (TPSA) is 113 Å². The molecule has 0 bridgehead atoms. The zero-order valence-electron chi connectivity index (χ0n) is 19.5. The number of carbonyl (C=O) groups is 4. The van der Waals surface area contributed by atoms with Crippen molar-refractivity contribution in [3.05, 3.63) is 82.9 Å². The first-order valence-corrected chi connectivity index (χ1v) is 11.0. The molecular formula is C25H24ClN5O4. The van der Waals surface area contributed by atoms with E-state index >= 15 is 0 Å². The minimum atomic E-state index is -0.528. The highest BCUT2D eigenvalue weighted by Crippen LogP contribution is 2.26. The first kappa shape index (κ1) is 25.5. The molecule has 0 unspecified atom stereocenters. The molecule has 35 heavy (non-hydrogen) atoms. The Morgan fingerprint density at radius 1 is 0.971 bits per heavy atom. The number of amides is 3. The highest BCUT2D eigenvalue weighted by molar-refractivity contribution is 6.33. The van der Waals surface area contributed by atoms with Gasteiger partial charge in [-0.3, -0.25) is 19.2 Å². The van der Waals surface area contributed by atoms with Crippen LogP contribution in [0.25, 0.3) is 0 Å². The number of nitrogens with zero attached hydrogens (tertiary/aromatic N) is 4. The minimum absolute atomic E-state index is 0.0555. The van der Waals surface area contributed by atoms with Gasteiger partial charge in [0.15, 0.2) is 5.82 Å². The molecule has 3 aromatic rings. The summed E-state index contributed by atoms with van der Waals surface area (Å²) >= 11 is 6.31. The fourth-order valence-electron chi connectivity index (χ4n) is 3.27. The van der Waals surface area contributed by atoms with E-state index in [1.807, 2.05) is 0 Å². The molecule has 0 atom stereocenters. The zero-order chi connectivity index (χ0) is 25.5. The van der Waals surface area contributed by atoms with Gasteiger partial charge in [0.25, 0.3) is 5.91 Å². The number of rotatable bonds is 8. The van der Waals surface area contributed by atoms with Gasteiger partial charge in [-0.2, -0.15) is 0 Å². The van der Waals surface area contributed by atoms with Gasteiger partial charge < -0.3 is 15.1 Å². The van der Waals surface area contributed by atoms with E-state index in [0.29, 0.717) is 27.5 Å². The molecule has 3 rings (SSSR count). The lowest BCUT2D eigenvalue weighted by Gasteiger charge is -2.24. The summed E-state index contributed by atoms with van der Waals surface area (Å²) in [5, 5.41) is 2.93. The predicted molar refractivity (Wildman–Crippen MR) is 132 cm³/mol. The number of carbonyl (C=O) groups excluding carboxylic acids is 4. The van der Waals surface area contributed by atoms with Gasteiger partial charge in [-0.05, 0) is 42.0 Å². The van der Waals surface area contributed by atoms with Crippen molar-refractivity contribution in [1.82, 2.24) is 14.9 Å². The monoisotopic (exact) mass is 493 g/mol. The van der Waals surface area contributed by atoms with Crippen LogP contribution in [0.1, 0.15) is 39.9 Å². The number of ketones is 1. The molecule has 1 N–H and O–H groups in total. The van der Waals surface area contributed by atoms with Gasteiger partial charge in [-0.15, -0.1) is 0 Å². The number of Topliss-reactive ketones (excluding diaryl/α,β-unsaturated/α-hetero) is 1. The zero-order valence-corrected chi connectivity index (χ0v) is 20.2. The second-order valence-electron chi connectivity index (χ2n) is 7.90. The van der Waals surface area contributed by atoms with Gasteiger partial charge in [0, 0.05) is 44.7 Å². The quantitative estimate of drug-likeness (QED) is 0.379. The number of hydrogen-bond donors (Lipinski definition) is 1. The fourth-order valence-corrected chi connectivity index (χ4v) is 3.52. The highest BCUT2D eigenvalue weighted by Gasteiger charge is 2.23. The van der Waals surface area contributed by atoms with Gasteiger partial charge in [0.2, 0.25) is 17.6 Å². The predicted octanol–water partition coefficient (Wildman–Crippen LogP) is 3.60. The highest BCUT2D eigenvalue weighted by atomic mass is 35.5. The molecule has 0 aliphatic carbocycles. The maximum Gasteiger partial charge on any atom is 0.253 e. The van der Waals surface area contributed by atoms with Crippen molar-refractivity contribution in [2.24, 2.45) is 0 Å². The summed E-state index contributed by atoms with van der Waals surface area (Å²) in [4.78, 5) is 60.4. The third kappa shape index (κ3) is 6.70. The average Bonchev–Trinajstić information content (AvgIpc) is 2.83.